The average Bonchev–Trinajstić information content (AvgIpc) is 2.90. The van der Waals surface area contributed by atoms with E-state index in [1.54, 1.807) is 11.1 Å². The number of nitrogens with one attached hydrogen (secondary N) is 1. The van der Waals surface area contributed by atoms with Crippen molar-refractivity contribution in [3.63, 3.8) is 0 Å². The molecular formula is C24H31N9O2. The van der Waals surface area contributed by atoms with Crippen molar-refractivity contribution >= 4 is 40.3 Å². The number of pyridine rings is 1. The van der Waals surface area contributed by atoms with Crippen molar-refractivity contribution in [1.29, 1.82) is 0 Å². The summed E-state index contributed by atoms with van der Waals surface area (Å²) >= 11 is 0. The molecule has 0 radical (unpaired) electrons. The summed E-state index contributed by atoms with van der Waals surface area (Å²) in [6.45, 7) is 3.48. The van der Waals surface area contributed by atoms with Gasteiger partial charge in [0.15, 0.2) is 11.5 Å². The van der Waals surface area contributed by atoms with Crippen LogP contribution in [0.3, 0.4) is 0 Å². The van der Waals surface area contributed by atoms with Crippen LogP contribution >= 0.6 is 0 Å². The van der Waals surface area contributed by atoms with Crippen LogP contribution in [-0.2, 0) is 0 Å². The molecule has 0 saturated carbocycles. The van der Waals surface area contributed by atoms with Gasteiger partial charge in [0.1, 0.15) is 0 Å². The number of hydrogen-bond acceptors (Lipinski definition) is 8. The molecule has 184 valence electrons. The maximum Gasteiger partial charge on any atom is 0.314 e. The molecular weight excluding hydrogens is 446 g/mol. The fraction of sp³-hybridized carbons (Fsp3) is 0.417. The molecule has 5 N–H and O–H groups in total. The Morgan fingerprint density at radius 1 is 0.886 bits per heavy atom. The summed E-state index contributed by atoms with van der Waals surface area (Å²) < 4.78 is 0. The van der Waals surface area contributed by atoms with Crippen LogP contribution in [0.1, 0.15) is 49.0 Å². The van der Waals surface area contributed by atoms with Crippen LogP contribution in [0.15, 0.2) is 36.5 Å². The Kier molecular flexibility index (Phi) is 7.86. The van der Waals surface area contributed by atoms with E-state index in [-0.39, 0.29) is 11.7 Å². The molecule has 3 aromatic rings. The Hall–Kier alpha value is -4.02. The van der Waals surface area contributed by atoms with Crippen molar-refractivity contribution in [2.45, 2.75) is 38.5 Å². The third-order valence-corrected chi connectivity index (χ3v) is 6.08. The van der Waals surface area contributed by atoms with Gasteiger partial charge in [0.2, 0.25) is 5.95 Å². The van der Waals surface area contributed by atoms with E-state index in [0.29, 0.717) is 11.8 Å². The molecule has 2 fully saturated rings. The molecule has 11 heteroatoms. The minimum absolute atomic E-state index is 0.0203. The van der Waals surface area contributed by atoms with Crippen molar-refractivity contribution in [1.82, 2.24) is 25.1 Å². The van der Waals surface area contributed by atoms with Crippen LogP contribution in [0.4, 0.5) is 22.2 Å². The number of nitrogens with two attached hydrogens (primary N) is 2. The predicted octanol–water partition coefficient (Wildman–Crippen LogP) is 2.80. The molecule has 2 aromatic heterocycles. The second-order valence-electron chi connectivity index (χ2n) is 8.64. The second-order valence-corrected chi connectivity index (χ2v) is 8.64. The first-order valence-corrected chi connectivity index (χ1v) is 12.0. The lowest BCUT2D eigenvalue weighted by atomic mass is 10.1. The highest BCUT2D eigenvalue weighted by molar-refractivity contribution is 5.96. The largest absolute Gasteiger partial charge is 0.364 e. The van der Waals surface area contributed by atoms with Gasteiger partial charge in [0, 0.05) is 43.4 Å². The summed E-state index contributed by atoms with van der Waals surface area (Å²) in [5.74, 6) is 0.149. The number of amides is 3. The number of likely N-dealkylation sites (tertiary alicyclic amines) is 1. The SMILES string of the molecule is NC(=O)N1CCCCC1.NC(=O)c1nnc(N2CCCCC2)nc1Nc1ccc2cccnc2c1. The molecule has 1 aromatic carbocycles. The number of hydrogen-bond donors (Lipinski definition) is 3. The van der Waals surface area contributed by atoms with Gasteiger partial charge in [-0.15, -0.1) is 10.2 Å². The third-order valence-electron chi connectivity index (χ3n) is 6.08. The fourth-order valence-corrected chi connectivity index (χ4v) is 4.19. The minimum atomic E-state index is -0.670. The summed E-state index contributed by atoms with van der Waals surface area (Å²) in [5.41, 5.74) is 12.1. The average molecular weight is 478 g/mol. The molecule has 5 rings (SSSR count). The second kappa shape index (κ2) is 11.4. The molecule has 0 atom stereocenters. The zero-order chi connectivity index (χ0) is 24.6. The van der Waals surface area contributed by atoms with Crippen LogP contribution in [-0.4, -0.2) is 63.2 Å². The Labute approximate surface area is 203 Å². The molecule has 2 aliphatic rings. The summed E-state index contributed by atoms with van der Waals surface area (Å²) in [6.07, 6.45) is 8.61. The first-order chi connectivity index (χ1) is 17.0. The van der Waals surface area contributed by atoms with Gasteiger partial charge >= 0.3 is 6.03 Å². The van der Waals surface area contributed by atoms with Gasteiger partial charge in [0.25, 0.3) is 5.91 Å². The molecule has 35 heavy (non-hydrogen) atoms. The number of anilines is 3. The molecule has 11 nitrogen and oxygen atoms in total. The maximum atomic E-state index is 11.7. The van der Waals surface area contributed by atoms with Crippen LogP contribution in [0.25, 0.3) is 10.9 Å². The van der Waals surface area contributed by atoms with Crippen LogP contribution < -0.4 is 21.7 Å². The van der Waals surface area contributed by atoms with E-state index in [0.717, 1.165) is 68.5 Å². The first kappa shape index (κ1) is 24.1. The summed E-state index contributed by atoms with van der Waals surface area (Å²) in [4.78, 5) is 34.9. The Morgan fingerprint density at radius 3 is 2.26 bits per heavy atom. The Bertz CT molecular complexity index is 1170. The molecule has 0 bridgehead atoms. The number of benzene rings is 1. The zero-order valence-corrected chi connectivity index (χ0v) is 19.7. The van der Waals surface area contributed by atoms with Crippen LogP contribution in [0, 0.1) is 0 Å². The van der Waals surface area contributed by atoms with Crippen molar-refractivity contribution in [2.24, 2.45) is 11.5 Å². The number of fused-ring (bicyclic) bond motifs is 1. The van der Waals surface area contributed by atoms with Crippen molar-refractivity contribution < 1.29 is 9.59 Å². The van der Waals surface area contributed by atoms with Gasteiger partial charge in [-0.05, 0) is 56.7 Å². The number of primary amides is 2. The van der Waals surface area contributed by atoms with Gasteiger partial charge in [0.05, 0.1) is 5.52 Å². The van der Waals surface area contributed by atoms with Gasteiger partial charge in [-0.2, -0.15) is 4.98 Å². The van der Waals surface area contributed by atoms with E-state index in [4.69, 9.17) is 11.5 Å². The standard InChI is InChI=1S/C18H19N7O.C6H12N2O/c19-16(26)15-17(22-18(24-23-15)25-9-2-1-3-10-25)21-13-7-6-12-5-4-8-20-14(12)11-13;7-6(9)8-4-2-1-3-5-8/h4-8,11H,1-3,9-10H2,(H2,19,26)(H,21,22,24);1-5H2,(H2,7,9). The molecule has 2 saturated heterocycles. The molecule has 0 aliphatic carbocycles. The number of urea groups is 1. The highest BCUT2D eigenvalue weighted by atomic mass is 16.2. The molecule has 2 aliphatic heterocycles. The Balaban J connectivity index is 0.000000271. The Morgan fingerprint density at radius 2 is 1.60 bits per heavy atom. The molecule has 0 unspecified atom stereocenters. The lowest BCUT2D eigenvalue weighted by molar-refractivity contribution is 0.0995. The van der Waals surface area contributed by atoms with E-state index in [9.17, 15) is 9.59 Å². The first-order valence-electron chi connectivity index (χ1n) is 12.0. The van der Waals surface area contributed by atoms with Crippen molar-refractivity contribution in [3.8, 4) is 0 Å². The summed E-state index contributed by atoms with van der Waals surface area (Å²) in [6, 6.07) is 9.35. The lowest BCUT2D eigenvalue weighted by Gasteiger charge is -2.26. The molecule has 0 spiro atoms. The minimum Gasteiger partial charge on any atom is -0.364 e. The third kappa shape index (κ3) is 6.31. The predicted molar refractivity (Wildman–Crippen MR) is 134 cm³/mol. The summed E-state index contributed by atoms with van der Waals surface area (Å²) in [7, 11) is 0. The number of nitrogens with zero attached hydrogens (tertiary/aromatic N) is 6. The lowest BCUT2D eigenvalue weighted by Crippen LogP contribution is -2.39. The van der Waals surface area contributed by atoms with Gasteiger partial charge in [-0.3, -0.25) is 9.78 Å². The highest BCUT2D eigenvalue weighted by Crippen LogP contribution is 2.23. The number of piperidine rings is 2. The van der Waals surface area contributed by atoms with E-state index >= 15 is 0 Å². The van der Waals surface area contributed by atoms with E-state index in [1.165, 1.54) is 12.8 Å². The molecule has 4 heterocycles. The monoisotopic (exact) mass is 477 g/mol. The van der Waals surface area contributed by atoms with Crippen molar-refractivity contribution in [2.75, 3.05) is 36.4 Å². The van der Waals surface area contributed by atoms with Gasteiger partial charge in [-0.1, -0.05) is 12.1 Å². The van der Waals surface area contributed by atoms with Crippen LogP contribution in [0.5, 0.6) is 0 Å². The number of aromatic nitrogens is 4. The maximum absolute atomic E-state index is 11.7. The number of carbonyl (C=O) groups is 2. The fourth-order valence-electron chi connectivity index (χ4n) is 4.19. The van der Waals surface area contributed by atoms with Gasteiger partial charge in [-0.25, -0.2) is 4.79 Å². The van der Waals surface area contributed by atoms with Crippen molar-refractivity contribution in [3.05, 3.63) is 42.2 Å². The normalized spacial score (nSPS) is 15.8. The van der Waals surface area contributed by atoms with Crippen LogP contribution in [0.2, 0.25) is 0 Å². The topological polar surface area (TPSA) is 156 Å². The molecule has 3 amide bonds. The number of rotatable bonds is 4. The number of carbonyl (C=O) groups excluding carboxylic acids is 2. The smallest absolute Gasteiger partial charge is 0.314 e. The van der Waals surface area contributed by atoms with E-state index < -0.39 is 5.91 Å². The quantitative estimate of drug-likeness (QED) is 0.518. The highest BCUT2D eigenvalue weighted by Gasteiger charge is 2.19. The summed E-state index contributed by atoms with van der Waals surface area (Å²) in [5, 5.41) is 12.3. The zero-order valence-electron chi connectivity index (χ0n) is 19.7. The van der Waals surface area contributed by atoms with E-state index in [2.05, 4.69) is 30.4 Å². The van der Waals surface area contributed by atoms with E-state index in [1.807, 2.05) is 30.3 Å². The van der Waals surface area contributed by atoms with Gasteiger partial charge < -0.3 is 26.6 Å².